The number of amides is 2. The second kappa shape index (κ2) is 7.43. The van der Waals surface area contributed by atoms with E-state index in [2.05, 4.69) is 10.3 Å². The molecule has 134 valence electrons. The van der Waals surface area contributed by atoms with E-state index in [4.69, 9.17) is 0 Å². The van der Waals surface area contributed by atoms with Crippen LogP contribution in [0.4, 0.5) is 23.1 Å². The molecule has 2 aromatic rings. The van der Waals surface area contributed by atoms with Gasteiger partial charge in [0.25, 0.3) is 0 Å². The molecule has 1 N–H and O–H groups in total. The third kappa shape index (κ3) is 4.72. The average molecular weight is 369 g/mol. The number of hydrogen-bond acceptors (Lipinski definition) is 3. The average Bonchev–Trinajstić information content (AvgIpc) is 3.02. The van der Waals surface area contributed by atoms with Gasteiger partial charge in [-0.3, -0.25) is 5.32 Å². The molecule has 0 aliphatic carbocycles. The molecule has 1 aromatic heterocycles. The monoisotopic (exact) mass is 369 g/mol. The Kier molecular flexibility index (Phi) is 5.27. The molecule has 25 heavy (non-hydrogen) atoms. The summed E-state index contributed by atoms with van der Waals surface area (Å²) < 4.78 is 38.5. The highest BCUT2D eigenvalue weighted by Crippen LogP contribution is 2.33. The Bertz CT molecular complexity index is 717. The fourth-order valence-corrected chi connectivity index (χ4v) is 3.68. The topological polar surface area (TPSA) is 45.2 Å². The zero-order chi connectivity index (χ0) is 17.9. The molecule has 0 spiro atoms. The van der Waals surface area contributed by atoms with Gasteiger partial charge < -0.3 is 4.90 Å². The van der Waals surface area contributed by atoms with Gasteiger partial charge >= 0.3 is 12.2 Å². The van der Waals surface area contributed by atoms with Gasteiger partial charge in [0.15, 0.2) is 5.13 Å². The highest BCUT2D eigenvalue weighted by atomic mass is 32.1. The lowest BCUT2D eigenvalue weighted by molar-refractivity contribution is -0.183. The van der Waals surface area contributed by atoms with Crippen LogP contribution in [0.3, 0.4) is 0 Å². The zero-order valence-corrected chi connectivity index (χ0v) is 14.2. The smallest absolute Gasteiger partial charge is 0.324 e. The summed E-state index contributed by atoms with van der Waals surface area (Å²) in [6.07, 6.45) is -1.44. The number of carbonyl (C=O) groups excluding carboxylic acids is 1. The molecule has 1 aliphatic rings. The Morgan fingerprint density at radius 2 is 2.08 bits per heavy atom. The number of nitrogens with one attached hydrogen (secondary N) is 1. The maximum Gasteiger partial charge on any atom is 0.393 e. The first-order chi connectivity index (χ1) is 11.9. The first-order valence-electron chi connectivity index (χ1n) is 8.03. The molecular weight excluding hydrogens is 351 g/mol. The molecular formula is C17H18F3N3OS. The fourth-order valence-electron chi connectivity index (χ4n) is 2.84. The van der Waals surface area contributed by atoms with Crippen molar-refractivity contribution in [2.45, 2.75) is 25.4 Å². The molecule has 1 fully saturated rings. The first kappa shape index (κ1) is 17.7. The lowest BCUT2D eigenvalue weighted by atomic mass is 9.98. The van der Waals surface area contributed by atoms with Crippen LogP contribution in [0.1, 0.15) is 23.3 Å². The van der Waals surface area contributed by atoms with Crippen molar-refractivity contribution < 1.29 is 18.0 Å². The Labute approximate surface area is 147 Å². The van der Waals surface area contributed by atoms with Crippen LogP contribution in [0, 0.1) is 5.92 Å². The van der Waals surface area contributed by atoms with E-state index in [1.165, 1.54) is 16.2 Å². The van der Waals surface area contributed by atoms with Gasteiger partial charge in [0.1, 0.15) is 0 Å². The van der Waals surface area contributed by atoms with Crippen molar-refractivity contribution in [1.82, 2.24) is 9.88 Å². The van der Waals surface area contributed by atoms with Crippen molar-refractivity contribution in [3.63, 3.8) is 0 Å². The van der Waals surface area contributed by atoms with Crippen LogP contribution in [0.15, 0.2) is 36.5 Å². The quantitative estimate of drug-likeness (QED) is 0.863. The second-order valence-corrected chi connectivity index (χ2v) is 7.17. The van der Waals surface area contributed by atoms with Crippen molar-refractivity contribution >= 4 is 22.5 Å². The van der Waals surface area contributed by atoms with Gasteiger partial charge in [0, 0.05) is 30.6 Å². The highest BCUT2D eigenvalue weighted by Gasteiger charge is 2.42. The first-order valence-corrected chi connectivity index (χ1v) is 8.85. The Morgan fingerprint density at radius 3 is 2.80 bits per heavy atom. The van der Waals surface area contributed by atoms with Crippen LogP contribution in [0.25, 0.3) is 0 Å². The van der Waals surface area contributed by atoms with Crippen LogP contribution < -0.4 is 5.32 Å². The number of aromatic nitrogens is 1. The number of likely N-dealkylation sites (tertiary alicyclic amines) is 1. The van der Waals surface area contributed by atoms with Crippen molar-refractivity contribution in [3.8, 4) is 0 Å². The maximum atomic E-state index is 12.8. The van der Waals surface area contributed by atoms with Crippen LogP contribution in [-0.2, 0) is 6.42 Å². The van der Waals surface area contributed by atoms with Crippen molar-refractivity contribution in [1.29, 1.82) is 0 Å². The summed E-state index contributed by atoms with van der Waals surface area (Å²) >= 11 is 1.33. The number of alkyl halides is 3. The molecule has 0 saturated carbocycles. The minimum atomic E-state index is -4.26. The minimum Gasteiger partial charge on any atom is -0.324 e. The Morgan fingerprint density at radius 1 is 1.32 bits per heavy atom. The summed E-state index contributed by atoms with van der Waals surface area (Å²) in [5, 5.41) is 3.02. The molecule has 8 heteroatoms. The normalized spacial score (nSPS) is 18.2. The van der Waals surface area contributed by atoms with E-state index >= 15 is 0 Å². The van der Waals surface area contributed by atoms with E-state index < -0.39 is 18.1 Å². The highest BCUT2D eigenvalue weighted by molar-refractivity contribution is 7.15. The zero-order valence-electron chi connectivity index (χ0n) is 13.4. The SMILES string of the molecule is O=C(Nc1ncc(Cc2ccccc2)s1)N1CCCC(C(F)(F)F)C1. The Hall–Kier alpha value is -2.09. The molecule has 1 saturated heterocycles. The molecule has 2 amide bonds. The minimum absolute atomic E-state index is 0.0752. The molecule has 3 rings (SSSR count). The second-order valence-electron chi connectivity index (χ2n) is 6.05. The molecule has 1 unspecified atom stereocenters. The van der Waals surface area contributed by atoms with Crippen molar-refractivity contribution in [2.75, 3.05) is 18.4 Å². The van der Waals surface area contributed by atoms with E-state index in [0.29, 0.717) is 24.5 Å². The maximum absolute atomic E-state index is 12.8. The standard InChI is InChI=1S/C17H18F3N3OS/c18-17(19,20)13-7-4-8-23(11-13)16(24)22-15-21-10-14(25-15)9-12-5-2-1-3-6-12/h1-3,5-6,10,13H,4,7-9,11H2,(H,21,22,24). The number of hydrogen-bond donors (Lipinski definition) is 1. The number of benzene rings is 1. The Balaban J connectivity index is 1.58. The largest absolute Gasteiger partial charge is 0.393 e. The van der Waals surface area contributed by atoms with Crippen molar-refractivity contribution in [2.24, 2.45) is 5.92 Å². The third-order valence-corrected chi connectivity index (χ3v) is 5.07. The predicted molar refractivity (Wildman–Crippen MR) is 90.7 cm³/mol. The number of urea groups is 1. The number of carbonyl (C=O) groups is 1. The molecule has 1 aromatic carbocycles. The van der Waals surface area contributed by atoms with Gasteiger partial charge in [-0.2, -0.15) is 13.2 Å². The molecule has 0 radical (unpaired) electrons. The van der Waals surface area contributed by atoms with E-state index in [9.17, 15) is 18.0 Å². The van der Waals surface area contributed by atoms with Gasteiger partial charge in [-0.25, -0.2) is 9.78 Å². The lowest BCUT2D eigenvalue weighted by Gasteiger charge is -2.33. The number of halogens is 3. The summed E-state index contributed by atoms with van der Waals surface area (Å²) in [7, 11) is 0. The predicted octanol–water partition coefficient (Wildman–Crippen LogP) is 4.54. The molecule has 4 nitrogen and oxygen atoms in total. The van der Waals surface area contributed by atoms with Crippen LogP contribution in [0.2, 0.25) is 0 Å². The van der Waals surface area contributed by atoms with Crippen LogP contribution >= 0.6 is 11.3 Å². The van der Waals surface area contributed by atoms with E-state index in [1.807, 2.05) is 30.3 Å². The summed E-state index contributed by atoms with van der Waals surface area (Å²) in [5.74, 6) is -1.45. The number of nitrogens with zero attached hydrogens (tertiary/aromatic N) is 2. The van der Waals surface area contributed by atoms with Gasteiger partial charge in [0.2, 0.25) is 0 Å². The fraction of sp³-hybridized carbons (Fsp3) is 0.412. The summed E-state index contributed by atoms with van der Waals surface area (Å²) in [5.41, 5.74) is 1.13. The number of anilines is 1. The summed E-state index contributed by atoms with van der Waals surface area (Å²) in [6.45, 7) is 0.0399. The van der Waals surface area contributed by atoms with Gasteiger partial charge in [-0.05, 0) is 18.4 Å². The third-order valence-electron chi connectivity index (χ3n) is 4.16. The van der Waals surface area contributed by atoms with Gasteiger partial charge in [-0.15, -0.1) is 11.3 Å². The number of rotatable bonds is 3. The van der Waals surface area contributed by atoms with E-state index in [1.54, 1.807) is 6.20 Å². The number of thiazole rings is 1. The molecule has 2 heterocycles. The van der Waals surface area contributed by atoms with Gasteiger partial charge in [0.05, 0.1) is 5.92 Å². The van der Waals surface area contributed by atoms with Crippen LogP contribution in [-0.4, -0.2) is 35.2 Å². The van der Waals surface area contributed by atoms with Gasteiger partial charge in [-0.1, -0.05) is 30.3 Å². The summed E-state index contributed by atoms with van der Waals surface area (Å²) in [6, 6.07) is 9.33. The lowest BCUT2D eigenvalue weighted by Crippen LogP contribution is -2.46. The molecule has 1 atom stereocenters. The van der Waals surface area contributed by atoms with Crippen molar-refractivity contribution in [3.05, 3.63) is 47.0 Å². The summed E-state index contributed by atoms with van der Waals surface area (Å²) in [4.78, 5) is 18.6. The van der Waals surface area contributed by atoms with E-state index in [-0.39, 0.29) is 13.0 Å². The molecule has 0 bridgehead atoms. The van der Waals surface area contributed by atoms with Crippen LogP contribution in [0.5, 0.6) is 0 Å². The molecule has 1 aliphatic heterocycles. The van der Waals surface area contributed by atoms with E-state index in [0.717, 1.165) is 10.4 Å². The number of piperidine rings is 1.